The van der Waals surface area contributed by atoms with Gasteiger partial charge in [0.15, 0.2) is 5.75 Å². The molecule has 1 rings (SSSR count). The van der Waals surface area contributed by atoms with Crippen molar-refractivity contribution in [1.29, 1.82) is 0 Å². The molecule has 0 aromatic carbocycles. The number of rotatable bonds is 5. The van der Waals surface area contributed by atoms with Gasteiger partial charge in [0.25, 0.3) is 0 Å². The van der Waals surface area contributed by atoms with Gasteiger partial charge >= 0.3 is 5.97 Å². The van der Waals surface area contributed by atoms with Crippen molar-refractivity contribution in [1.82, 2.24) is 4.98 Å². The third-order valence-corrected chi connectivity index (χ3v) is 2.16. The van der Waals surface area contributed by atoms with Gasteiger partial charge in [0.2, 0.25) is 0 Å². The van der Waals surface area contributed by atoms with Crippen molar-refractivity contribution in [3.8, 4) is 5.75 Å². The van der Waals surface area contributed by atoms with Gasteiger partial charge in [-0.15, -0.1) is 0 Å². The summed E-state index contributed by atoms with van der Waals surface area (Å²) in [6.07, 6.45) is 0.115. The molecule has 0 aliphatic rings. The molecule has 0 bridgehead atoms. The van der Waals surface area contributed by atoms with E-state index < -0.39 is 11.9 Å². The molecule has 0 saturated heterocycles. The summed E-state index contributed by atoms with van der Waals surface area (Å²) >= 11 is 0. The lowest BCUT2D eigenvalue weighted by atomic mass is 10.2. The predicted molar refractivity (Wildman–Crippen MR) is 58.2 cm³/mol. The average molecular weight is 236 g/mol. The quantitative estimate of drug-likeness (QED) is 0.691. The molecule has 0 aliphatic carbocycles. The molecule has 0 fully saturated rings. The van der Waals surface area contributed by atoms with Crippen molar-refractivity contribution in [2.75, 3.05) is 0 Å². The van der Waals surface area contributed by atoms with Crippen LogP contribution < -0.4 is 9.84 Å². The molecule has 0 amide bonds. The van der Waals surface area contributed by atoms with E-state index >= 15 is 0 Å². The zero-order chi connectivity index (χ0) is 12.8. The number of nitrogens with zero attached hydrogens (tertiary/aromatic N) is 1. The highest BCUT2D eigenvalue weighted by Crippen LogP contribution is 2.18. The van der Waals surface area contributed by atoms with Crippen LogP contribution in [-0.2, 0) is 16.0 Å². The van der Waals surface area contributed by atoms with Crippen molar-refractivity contribution in [3.63, 3.8) is 0 Å². The van der Waals surface area contributed by atoms with Crippen LogP contribution in [0, 0.1) is 6.92 Å². The number of carbonyl (C=O) groups is 2. The van der Waals surface area contributed by atoms with E-state index in [9.17, 15) is 14.7 Å². The van der Waals surface area contributed by atoms with Crippen LogP contribution in [-0.4, -0.2) is 16.9 Å². The number of hydrogen-bond donors (Lipinski definition) is 0. The normalized spacial score (nSPS) is 10.0. The van der Waals surface area contributed by atoms with E-state index in [1.54, 1.807) is 12.1 Å². The molecular weight excluding hydrogens is 222 g/mol. The van der Waals surface area contributed by atoms with Gasteiger partial charge in [0.05, 0.1) is 12.1 Å². The maximum Gasteiger partial charge on any atom is 0.311 e. The number of hydrogen-bond acceptors (Lipinski definition) is 5. The molecule has 0 radical (unpaired) electrons. The molecule has 5 nitrogen and oxygen atoms in total. The van der Waals surface area contributed by atoms with Crippen LogP contribution in [0.1, 0.15) is 31.2 Å². The first-order valence-corrected chi connectivity index (χ1v) is 5.40. The Morgan fingerprint density at radius 1 is 1.35 bits per heavy atom. The number of aliphatic carboxylic acids is 1. The van der Waals surface area contributed by atoms with E-state index in [4.69, 9.17) is 4.74 Å². The van der Waals surface area contributed by atoms with Crippen LogP contribution in [0.3, 0.4) is 0 Å². The van der Waals surface area contributed by atoms with Gasteiger partial charge in [-0.05, 0) is 31.9 Å². The van der Waals surface area contributed by atoms with Crippen molar-refractivity contribution in [2.45, 2.75) is 33.1 Å². The van der Waals surface area contributed by atoms with Gasteiger partial charge in [-0.25, -0.2) is 0 Å². The Morgan fingerprint density at radius 3 is 2.65 bits per heavy atom. The van der Waals surface area contributed by atoms with E-state index in [1.165, 1.54) is 0 Å². The monoisotopic (exact) mass is 236 g/mol. The molecule has 17 heavy (non-hydrogen) atoms. The van der Waals surface area contributed by atoms with Crippen LogP contribution in [0.4, 0.5) is 0 Å². The number of esters is 1. The second-order valence-corrected chi connectivity index (χ2v) is 3.60. The number of carboxylic acids is 1. The average Bonchev–Trinajstić information content (AvgIpc) is 2.28. The largest absolute Gasteiger partial charge is 0.550 e. The molecule has 0 unspecified atom stereocenters. The summed E-state index contributed by atoms with van der Waals surface area (Å²) in [5, 5.41) is 10.2. The van der Waals surface area contributed by atoms with Crippen LogP contribution in [0.5, 0.6) is 5.75 Å². The Morgan fingerprint density at radius 2 is 2.06 bits per heavy atom. The lowest BCUT2D eigenvalue weighted by molar-refractivity contribution is -0.305. The third-order valence-electron chi connectivity index (χ3n) is 2.16. The maximum absolute atomic E-state index is 11.3. The van der Waals surface area contributed by atoms with Gasteiger partial charge in [-0.2, -0.15) is 0 Å². The minimum atomic E-state index is -1.26. The Hall–Kier alpha value is -1.91. The van der Waals surface area contributed by atoms with Crippen LogP contribution in [0.2, 0.25) is 0 Å². The summed E-state index contributed by atoms with van der Waals surface area (Å²) in [4.78, 5) is 25.8. The van der Waals surface area contributed by atoms with Gasteiger partial charge < -0.3 is 14.6 Å². The second kappa shape index (κ2) is 5.98. The fourth-order valence-corrected chi connectivity index (χ4v) is 1.32. The Labute approximate surface area is 99.4 Å². The SMILES string of the molecule is CCc1nc(C)ccc1OC(=O)CCC(=O)[O-]. The number of aromatic nitrogens is 1. The first-order chi connectivity index (χ1) is 8.02. The van der Waals surface area contributed by atoms with Crippen LogP contribution >= 0.6 is 0 Å². The van der Waals surface area contributed by atoms with E-state index in [-0.39, 0.29) is 12.8 Å². The van der Waals surface area contributed by atoms with Crippen molar-refractivity contribution < 1.29 is 19.4 Å². The number of carbonyl (C=O) groups excluding carboxylic acids is 2. The fourth-order valence-electron chi connectivity index (χ4n) is 1.32. The topological polar surface area (TPSA) is 79.3 Å². The Kier molecular flexibility index (Phi) is 4.63. The molecule has 92 valence electrons. The highest BCUT2D eigenvalue weighted by atomic mass is 16.5. The Balaban J connectivity index is 2.67. The zero-order valence-corrected chi connectivity index (χ0v) is 9.86. The van der Waals surface area contributed by atoms with E-state index in [2.05, 4.69) is 4.98 Å². The molecule has 5 heteroatoms. The van der Waals surface area contributed by atoms with Gasteiger partial charge in [-0.1, -0.05) is 6.92 Å². The lowest BCUT2D eigenvalue weighted by Crippen LogP contribution is -2.23. The first kappa shape index (κ1) is 13.2. The third kappa shape index (κ3) is 4.22. The molecule has 0 spiro atoms. The van der Waals surface area contributed by atoms with E-state index in [1.807, 2.05) is 13.8 Å². The van der Waals surface area contributed by atoms with Crippen molar-refractivity contribution >= 4 is 11.9 Å². The molecule has 1 aromatic heterocycles. The molecule has 1 heterocycles. The van der Waals surface area contributed by atoms with Crippen molar-refractivity contribution in [2.24, 2.45) is 0 Å². The smallest absolute Gasteiger partial charge is 0.311 e. The van der Waals surface area contributed by atoms with Crippen molar-refractivity contribution in [3.05, 3.63) is 23.5 Å². The molecular formula is C12H14NO4-. The molecule has 1 aromatic rings. The summed E-state index contributed by atoms with van der Waals surface area (Å²) < 4.78 is 5.05. The van der Waals surface area contributed by atoms with Gasteiger partial charge in [0.1, 0.15) is 0 Å². The highest BCUT2D eigenvalue weighted by Gasteiger charge is 2.09. The molecule has 0 N–H and O–H groups in total. The summed E-state index contributed by atoms with van der Waals surface area (Å²) in [5.41, 5.74) is 1.53. The summed E-state index contributed by atoms with van der Waals surface area (Å²) in [5.74, 6) is -1.46. The van der Waals surface area contributed by atoms with Gasteiger partial charge in [0, 0.05) is 11.7 Å². The lowest BCUT2D eigenvalue weighted by Gasteiger charge is -2.09. The highest BCUT2D eigenvalue weighted by molar-refractivity contribution is 5.77. The molecule has 0 atom stereocenters. The van der Waals surface area contributed by atoms with E-state index in [0.29, 0.717) is 17.9 Å². The Bertz CT molecular complexity index is 429. The van der Waals surface area contributed by atoms with Gasteiger partial charge in [-0.3, -0.25) is 9.78 Å². The second-order valence-electron chi connectivity index (χ2n) is 3.60. The number of pyridine rings is 1. The molecule has 0 aliphatic heterocycles. The van der Waals surface area contributed by atoms with Crippen LogP contribution in [0.15, 0.2) is 12.1 Å². The summed E-state index contributed by atoms with van der Waals surface area (Å²) in [6, 6.07) is 3.40. The predicted octanol–water partition coefficient (Wildman–Crippen LogP) is 0.388. The van der Waals surface area contributed by atoms with E-state index in [0.717, 1.165) is 5.69 Å². The zero-order valence-electron chi connectivity index (χ0n) is 9.86. The standard InChI is InChI=1S/C12H15NO4/c1-3-9-10(5-4-8(2)13-9)17-12(16)7-6-11(14)15/h4-5H,3,6-7H2,1-2H3,(H,14,15)/p-1. The number of carboxylic acid groups (broad SMARTS) is 1. The number of aryl methyl sites for hydroxylation is 2. The summed E-state index contributed by atoms with van der Waals surface area (Å²) in [6.45, 7) is 3.75. The minimum absolute atomic E-state index is 0.195. The number of ether oxygens (including phenoxy) is 1. The molecule has 0 saturated carbocycles. The summed E-state index contributed by atoms with van der Waals surface area (Å²) in [7, 11) is 0. The first-order valence-electron chi connectivity index (χ1n) is 5.40. The maximum atomic E-state index is 11.3. The minimum Gasteiger partial charge on any atom is -0.550 e. The fraction of sp³-hybridized carbons (Fsp3) is 0.417. The van der Waals surface area contributed by atoms with Crippen LogP contribution in [0.25, 0.3) is 0 Å².